The van der Waals surface area contributed by atoms with Crippen LogP contribution in [0.5, 0.6) is 0 Å². The summed E-state index contributed by atoms with van der Waals surface area (Å²) >= 11 is 1.83. The lowest BCUT2D eigenvalue weighted by Gasteiger charge is -2.22. The summed E-state index contributed by atoms with van der Waals surface area (Å²) in [6.07, 6.45) is 3.29. The zero-order valence-corrected chi connectivity index (χ0v) is 23.9. The van der Waals surface area contributed by atoms with E-state index in [-0.39, 0.29) is 12.3 Å². The number of benzene rings is 2. The molecule has 0 saturated carbocycles. The smallest absolute Gasteiger partial charge is 0.269 e. The van der Waals surface area contributed by atoms with Gasteiger partial charge < -0.3 is 14.6 Å². The molecule has 0 amide bonds. The van der Waals surface area contributed by atoms with Crippen LogP contribution < -0.4 is 5.32 Å². The lowest BCUT2D eigenvalue weighted by Crippen LogP contribution is -2.27. The third-order valence-corrected chi connectivity index (χ3v) is 7.67. The van der Waals surface area contributed by atoms with Crippen LogP contribution >= 0.6 is 11.8 Å². The molecule has 1 N–H and O–H groups in total. The second-order valence-electron chi connectivity index (χ2n) is 11.1. The van der Waals surface area contributed by atoms with Gasteiger partial charge in [0.05, 0.1) is 18.5 Å². The summed E-state index contributed by atoms with van der Waals surface area (Å²) in [5, 5.41) is 17.1. The van der Waals surface area contributed by atoms with E-state index in [1.807, 2.05) is 57.6 Å². The normalized spacial score (nSPS) is 15.2. The van der Waals surface area contributed by atoms with Crippen molar-refractivity contribution in [1.82, 2.24) is 15.1 Å². The molecule has 0 radical (unpaired) electrons. The van der Waals surface area contributed by atoms with Crippen LogP contribution in [0.1, 0.15) is 32.8 Å². The summed E-state index contributed by atoms with van der Waals surface area (Å²) in [6.45, 7) is 9.34. The van der Waals surface area contributed by atoms with Crippen LogP contribution in [0.25, 0.3) is 34.0 Å². The number of nitrogens with zero attached hydrogens (tertiary/aromatic N) is 4. The van der Waals surface area contributed by atoms with E-state index in [1.54, 1.807) is 18.3 Å². The van der Waals surface area contributed by atoms with Gasteiger partial charge in [-0.05, 0) is 57.8 Å². The second-order valence-corrected chi connectivity index (χ2v) is 12.5. The highest BCUT2D eigenvalue weighted by Crippen LogP contribution is 2.34. The van der Waals surface area contributed by atoms with Gasteiger partial charge in [0.25, 0.3) is 6.71 Å². The van der Waals surface area contributed by atoms with E-state index in [0.29, 0.717) is 45.8 Å². The molecule has 2 aromatic heterocycles. The van der Waals surface area contributed by atoms with Crippen molar-refractivity contribution in [3.8, 4) is 39.9 Å². The van der Waals surface area contributed by atoms with E-state index in [0.717, 1.165) is 30.8 Å². The molecule has 0 spiro atoms. The fourth-order valence-corrected chi connectivity index (χ4v) is 5.51. The molecule has 4 aromatic rings. The molecule has 5 rings (SSSR count). The third-order valence-electron chi connectivity index (χ3n) is 6.42. The molecule has 2 aromatic carbocycles. The summed E-state index contributed by atoms with van der Waals surface area (Å²) in [5.74, 6) is 2.69. The van der Waals surface area contributed by atoms with Gasteiger partial charge in [-0.15, -0.1) is 11.8 Å². The van der Waals surface area contributed by atoms with Gasteiger partial charge in [-0.1, -0.05) is 35.7 Å². The van der Waals surface area contributed by atoms with Gasteiger partial charge in [0, 0.05) is 45.5 Å². The van der Waals surface area contributed by atoms with Crippen LogP contribution in [0.15, 0.2) is 64.1 Å². The van der Waals surface area contributed by atoms with Gasteiger partial charge in [-0.25, -0.2) is 19.6 Å². The van der Waals surface area contributed by atoms with E-state index in [4.69, 9.17) is 19.5 Å². The van der Waals surface area contributed by atoms with Gasteiger partial charge >= 0.3 is 0 Å². The third kappa shape index (κ3) is 6.72. The highest BCUT2D eigenvalue weighted by Gasteiger charge is 2.22. The standard InChI is InChI=1S/C30H31BFN5O2S/c1-30(2,3)36-29-28(27-14-25(37-39-27)23-10-5-19(13-24(23)32)15-31(4)18-33)35-26(16-34-29)20-6-8-21(9-7-20)40-22-11-12-38-17-22/h5-10,13-14,16,22H,11-12,15,17H2,1-4H3,(H,34,36). The summed E-state index contributed by atoms with van der Waals surface area (Å²) in [6, 6.07) is 14.9. The number of aromatic nitrogens is 3. The zero-order chi connectivity index (χ0) is 28.3. The Morgan fingerprint density at radius 3 is 2.62 bits per heavy atom. The average Bonchev–Trinajstić information content (AvgIpc) is 3.61. The van der Waals surface area contributed by atoms with Gasteiger partial charge in [0.15, 0.2) is 17.3 Å². The molecule has 1 unspecified atom stereocenters. The Morgan fingerprint density at radius 2 is 1.95 bits per heavy atom. The fraction of sp³-hybridized carbons (Fsp3) is 0.333. The molecule has 1 aliphatic heterocycles. The van der Waals surface area contributed by atoms with E-state index in [9.17, 15) is 0 Å². The largest absolute Gasteiger partial charge is 0.380 e. The van der Waals surface area contributed by atoms with Gasteiger partial charge in [0.2, 0.25) is 0 Å². The molecule has 1 fully saturated rings. The second kappa shape index (κ2) is 11.8. The van der Waals surface area contributed by atoms with Crippen molar-refractivity contribution < 1.29 is 13.7 Å². The minimum absolute atomic E-state index is 0.194. The van der Waals surface area contributed by atoms with Crippen molar-refractivity contribution in [2.45, 2.75) is 56.0 Å². The van der Waals surface area contributed by atoms with Crippen LogP contribution in [0, 0.1) is 17.0 Å². The average molecular weight is 555 g/mol. The van der Waals surface area contributed by atoms with E-state index >= 15 is 4.39 Å². The first-order chi connectivity index (χ1) is 19.2. The number of nitriles is 1. The molecule has 40 heavy (non-hydrogen) atoms. The number of nitrogens with one attached hydrogen (secondary N) is 1. The predicted octanol–water partition coefficient (Wildman–Crippen LogP) is 6.97. The molecular weight excluding hydrogens is 524 g/mol. The first kappa shape index (κ1) is 27.9. The van der Waals surface area contributed by atoms with Gasteiger partial charge in [-0.3, -0.25) is 0 Å². The van der Waals surface area contributed by atoms with Crippen LogP contribution in [-0.2, 0) is 11.1 Å². The SMILES string of the molecule is CB(C#N)Cc1ccc(-c2cc(-c3nc(-c4ccc(SC5CCOC5)cc4)cnc3NC(C)(C)C)on2)c(F)c1. The molecule has 1 atom stereocenters. The number of anilines is 1. The molecule has 1 saturated heterocycles. The topological polar surface area (TPSA) is 96.9 Å². The van der Waals surface area contributed by atoms with Crippen LogP contribution in [0.3, 0.4) is 0 Å². The highest BCUT2D eigenvalue weighted by molar-refractivity contribution is 8.00. The summed E-state index contributed by atoms with van der Waals surface area (Å²) < 4.78 is 26.2. The van der Waals surface area contributed by atoms with Crippen molar-refractivity contribution in [2.75, 3.05) is 18.5 Å². The number of rotatable bonds is 8. The number of halogens is 1. The van der Waals surface area contributed by atoms with Crippen molar-refractivity contribution in [3.05, 3.63) is 66.1 Å². The predicted molar refractivity (Wildman–Crippen MR) is 158 cm³/mol. The maximum atomic E-state index is 15.0. The number of hydrogen-bond donors (Lipinski definition) is 1. The van der Waals surface area contributed by atoms with E-state index in [1.165, 1.54) is 11.0 Å². The molecule has 7 nitrogen and oxygen atoms in total. The van der Waals surface area contributed by atoms with Crippen molar-refractivity contribution >= 4 is 24.3 Å². The number of hydrogen-bond acceptors (Lipinski definition) is 8. The first-order valence-electron chi connectivity index (χ1n) is 13.3. The van der Waals surface area contributed by atoms with Crippen LogP contribution in [0.4, 0.5) is 10.2 Å². The fourth-order valence-electron chi connectivity index (χ4n) is 4.46. The monoisotopic (exact) mass is 555 g/mol. The summed E-state index contributed by atoms with van der Waals surface area (Å²) in [5.41, 5.74) is 3.27. The zero-order valence-electron chi connectivity index (χ0n) is 23.1. The first-order valence-corrected chi connectivity index (χ1v) is 14.2. The Labute approximate surface area is 238 Å². The van der Waals surface area contributed by atoms with Gasteiger partial charge in [-0.2, -0.15) is 0 Å². The van der Waals surface area contributed by atoms with Crippen molar-refractivity contribution in [1.29, 1.82) is 5.26 Å². The molecule has 204 valence electrons. The van der Waals surface area contributed by atoms with E-state index < -0.39 is 5.82 Å². The maximum Gasteiger partial charge on any atom is 0.269 e. The number of thioether (sulfide) groups is 1. The molecule has 3 heterocycles. The maximum absolute atomic E-state index is 15.0. The Balaban J connectivity index is 1.45. The molecular formula is C30H31BFN5O2S. The molecule has 0 aliphatic carbocycles. The minimum atomic E-state index is -0.419. The van der Waals surface area contributed by atoms with Crippen molar-refractivity contribution in [3.63, 3.8) is 0 Å². The minimum Gasteiger partial charge on any atom is -0.380 e. The molecule has 10 heteroatoms. The molecule has 1 aliphatic rings. The Kier molecular flexibility index (Phi) is 8.24. The lowest BCUT2D eigenvalue weighted by molar-refractivity contribution is 0.199. The number of ether oxygens (including phenoxy) is 1. The van der Waals surface area contributed by atoms with Gasteiger partial charge in [0.1, 0.15) is 11.5 Å². The highest BCUT2D eigenvalue weighted by atomic mass is 32.2. The van der Waals surface area contributed by atoms with Crippen LogP contribution in [-0.4, -0.2) is 45.8 Å². The lowest BCUT2D eigenvalue weighted by atomic mass is 9.50. The summed E-state index contributed by atoms with van der Waals surface area (Å²) in [4.78, 5) is 10.8. The molecule has 0 bridgehead atoms. The quantitative estimate of drug-likeness (QED) is 0.233. The van der Waals surface area contributed by atoms with Crippen LogP contribution in [0.2, 0.25) is 6.82 Å². The Bertz CT molecular complexity index is 1520. The van der Waals surface area contributed by atoms with E-state index in [2.05, 4.69) is 33.6 Å². The Hall–Kier alpha value is -3.68. The Morgan fingerprint density at radius 1 is 1.15 bits per heavy atom. The summed E-state index contributed by atoms with van der Waals surface area (Å²) in [7, 11) is 0. The van der Waals surface area contributed by atoms with Crippen molar-refractivity contribution in [2.24, 2.45) is 0 Å².